The van der Waals surface area contributed by atoms with E-state index in [1.165, 1.54) is 12.8 Å². The summed E-state index contributed by atoms with van der Waals surface area (Å²) in [5.41, 5.74) is 0. The minimum absolute atomic E-state index is 0.453. The number of carbonyl (C=O) groups excluding carboxylic acids is 1. The van der Waals surface area contributed by atoms with Crippen LogP contribution >= 0.6 is 0 Å². The number of epoxide rings is 1. The van der Waals surface area contributed by atoms with Crippen LogP contribution in [0.5, 0.6) is 0 Å². The van der Waals surface area contributed by atoms with E-state index in [1.54, 1.807) is 0 Å². The quantitative estimate of drug-likeness (QED) is 0.518. The van der Waals surface area contributed by atoms with Crippen LogP contribution in [-0.2, 0) is 9.53 Å². The van der Waals surface area contributed by atoms with Crippen LogP contribution in [0, 0.1) is 0 Å². The van der Waals surface area contributed by atoms with Gasteiger partial charge < -0.3 is 4.74 Å². The summed E-state index contributed by atoms with van der Waals surface area (Å²) in [5.74, 6) is 0.453. The van der Waals surface area contributed by atoms with Gasteiger partial charge in [0.05, 0.1) is 12.2 Å². The summed E-state index contributed by atoms with van der Waals surface area (Å²) < 4.78 is 5.47. The van der Waals surface area contributed by atoms with E-state index >= 15 is 0 Å². The third-order valence-electron chi connectivity index (χ3n) is 2.83. The Morgan fingerprint density at radius 3 is 2.50 bits per heavy atom. The van der Waals surface area contributed by atoms with Crippen molar-refractivity contribution in [2.45, 2.75) is 57.2 Å². The highest BCUT2D eigenvalue weighted by molar-refractivity contribution is 5.78. The molecule has 2 aliphatic rings. The second-order valence-corrected chi connectivity index (χ2v) is 3.89. The van der Waals surface area contributed by atoms with Gasteiger partial charge in [-0.1, -0.05) is 6.42 Å². The first kappa shape index (κ1) is 8.24. The van der Waals surface area contributed by atoms with Crippen LogP contribution in [0.2, 0.25) is 0 Å². The van der Waals surface area contributed by atoms with Gasteiger partial charge in [-0.3, -0.25) is 4.79 Å². The molecule has 68 valence electrons. The average Bonchev–Trinajstić information content (AvgIpc) is 2.78. The molecule has 2 rings (SSSR count). The molecule has 1 saturated heterocycles. The maximum absolute atomic E-state index is 11.2. The van der Waals surface area contributed by atoms with E-state index in [2.05, 4.69) is 0 Å². The summed E-state index contributed by atoms with van der Waals surface area (Å²) >= 11 is 0. The van der Waals surface area contributed by atoms with Gasteiger partial charge in [0, 0.05) is 12.8 Å². The van der Waals surface area contributed by atoms with Crippen molar-refractivity contribution >= 4 is 5.78 Å². The number of carbonyl (C=O) groups is 1. The van der Waals surface area contributed by atoms with E-state index in [4.69, 9.17) is 4.74 Å². The van der Waals surface area contributed by atoms with Crippen LogP contribution in [0.4, 0.5) is 0 Å². The number of rotatable bonds is 0. The molecular weight excluding hydrogens is 152 g/mol. The van der Waals surface area contributed by atoms with Crippen LogP contribution in [0.25, 0.3) is 0 Å². The van der Waals surface area contributed by atoms with Crippen molar-refractivity contribution in [2.24, 2.45) is 0 Å². The highest BCUT2D eigenvalue weighted by Crippen LogP contribution is 2.32. The fourth-order valence-corrected chi connectivity index (χ4v) is 1.98. The first-order valence-electron chi connectivity index (χ1n) is 5.03. The lowest BCUT2D eigenvalue weighted by Gasteiger charge is -2.02. The molecule has 1 aliphatic heterocycles. The summed E-state index contributed by atoms with van der Waals surface area (Å²) in [6.45, 7) is 0. The molecule has 2 nitrogen and oxygen atoms in total. The fourth-order valence-electron chi connectivity index (χ4n) is 1.98. The molecule has 1 saturated carbocycles. The molecule has 0 radical (unpaired) electrons. The number of fused-ring (bicyclic) bond motifs is 1. The van der Waals surface area contributed by atoms with Crippen LogP contribution in [0.15, 0.2) is 0 Å². The highest BCUT2D eigenvalue weighted by Gasteiger charge is 2.37. The Kier molecular flexibility index (Phi) is 2.45. The maximum atomic E-state index is 11.2. The number of Topliss-reactive ketones (excluding diaryl/α,β-unsaturated/α-hetero) is 1. The van der Waals surface area contributed by atoms with Crippen molar-refractivity contribution in [3.63, 3.8) is 0 Å². The van der Waals surface area contributed by atoms with Crippen LogP contribution in [0.1, 0.15) is 44.9 Å². The van der Waals surface area contributed by atoms with Gasteiger partial charge in [-0.15, -0.1) is 0 Å². The average molecular weight is 168 g/mol. The van der Waals surface area contributed by atoms with Gasteiger partial charge in [0.15, 0.2) is 0 Å². The van der Waals surface area contributed by atoms with Crippen molar-refractivity contribution < 1.29 is 9.53 Å². The standard InChI is InChI=1S/C10H16O2/c11-8-4-1-2-6-9-10(12-9)7-3-5-8/h9-10H,1-7H2. The molecule has 2 heteroatoms. The first-order valence-corrected chi connectivity index (χ1v) is 5.03. The fraction of sp³-hybridized carbons (Fsp3) is 0.900. The number of hydrogen-bond acceptors (Lipinski definition) is 2. The first-order chi connectivity index (χ1) is 5.86. The SMILES string of the molecule is O=C1CCCCC2OC2CCC1. The van der Waals surface area contributed by atoms with Gasteiger partial charge in [0.1, 0.15) is 5.78 Å². The predicted octanol–water partition coefficient (Wildman–Crippen LogP) is 2.07. The Morgan fingerprint density at radius 2 is 1.67 bits per heavy atom. The van der Waals surface area contributed by atoms with E-state index in [0.717, 1.165) is 32.1 Å². The third kappa shape index (κ3) is 2.07. The summed E-state index contributed by atoms with van der Waals surface area (Å²) in [5, 5.41) is 0. The molecule has 0 aromatic carbocycles. The van der Waals surface area contributed by atoms with Gasteiger partial charge in [0.2, 0.25) is 0 Å². The third-order valence-corrected chi connectivity index (χ3v) is 2.83. The molecule has 1 heterocycles. The molecule has 0 bridgehead atoms. The zero-order chi connectivity index (χ0) is 8.39. The summed E-state index contributed by atoms with van der Waals surface area (Å²) in [6, 6.07) is 0. The van der Waals surface area contributed by atoms with E-state index in [1.807, 2.05) is 0 Å². The maximum Gasteiger partial charge on any atom is 0.132 e. The molecule has 12 heavy (non-hydrogen) atoms. The van der Waals surface area contributed by atoms with Gasteiger partial charge in [-0.25, -0.2) is 0 Å². The van der Waals surface area contributed by atoms with E-state index in [9.17, 15) is 4.79 Å². The lowest BCUT2D eigenvalue weighted by Crippen LogP contribution is -2.03. The molecule has 1 aliphatic carbocycles. The lowest BCUT2D eigenvalue weighted by molar-refractivity contribution is -0.119. The summed E-state index contributed by atoms with van der Waals surface area (Å²) in [6.07, 6.45) is 8.23. The lowest BCUT2D eigenvalue weighted by atomic mass is 10.0. The second kappa shape index (κ2) is 3.56. The smallest absolute Gasteiger partial charge is 0.132 e. The topological polar surface area (TPSA) is 29.6 Å². The van der Waals surface area contributed by atoms with Crippen LogP contribution < -0.4 is 0 Å². The Bertz CT molecular complexity index is 177. The van der Waals surface area contributed by atoms with Crippen LogP contribution in [0.3, 0.4) is 0 Å². The Morgan fingerprint density at radius 1 is 1.00 bits per heavy atom. The van der Waals surface area contributed by atoms with E-state index in [0.29, 0.717) is 18.0 Å². The second-order valence-electron chi connectivity index (χ2n) is 3.89. The van der Waals surface area contributed by atoms with Gasteiger partial charge >= 0.3 is 0 Å². The van der Waals surface area contributed by atoms with Crippen molar-refractivity contribution in [1.82, 2.24) is 0 Å². The summed E-state index contributed by atoms with van der Waals surface area (Å²) in [4.78, 5) is 11.2. The minimum Gasteiger partial charge on any atom is -0.370 e. The Balaban J connectivity index is 1.79. The molecule has 0 amide bonds. The molecule has 0 aromatic heterocycles. The largest absolute Gasteiger partial charge is 0.370 e. The highest BCUT2D eigenvalue weighted by atomic mass is 16.6. The molecule has 2 unspecified atom stereocenters. The molecule has 0 aromatic rings. The molecule has 0 N–H and O–H groups in total. The normalized spacial score (nSPS) is 37.2. The zero-order valence-corrected chi connectivity index (χ0v) is 7.42. The molecule has 0 spiro atoms. The van der Waals surface area contributed by atoms with Gasteiger partial charge in [-0.2, -0.15) is 0 Å². The predicted molar refractivity (Wildman–Crippen MR) is 46.0 cm³/mol. The van der Waals surface area contributed by atoms with Crippen molar-refractivity contribution in [1.29, 1.82) is 0 Å². The minimum atomic E-state index is 0.453. The Labute approximate surface area is 73.3 Å². The number of hydrogen-bond donors (Lipinski definition) is 0. The molecule has 2 fully saturated rings. The van der Waals surface area contributed by atoms with Crippen molar-refractivity contribution in [3.8, 4) is 0 Å². The van der Waals surface area contributed by atoms with Crippen molar-refractivity contribution in [3.05, 3.63) is 0 Å². The number of ether oxygens (including phenoxy) is 1. The van der Waals surface area contributed by atoms with E-state index in [-0.39, 0.29) is 0 Å². The molecule has 2 atom stereocenters. The van der Waals surface area contributed by atoms with Gasteiger partial charge in [0.25, 0.3) is 0 Å². The Hall–Kier alpha value is -0.370. The van der Waals surface area contributed by atoms with Crippen molar-refractivity contribution in [2.75, 3.05) is 0 Å². The van der Waals surface area contributed by atoms with Gasteiger partial charge in [-0.05, 0) is 25.7 Å². The van der Waals surface area contributed by atoms with E-state index < -0.39 is 0 Å². The monoisotopic (exact) mass is 168 g/mol. The molecular formula is C10H16O2. The number of ketones is 1. The summed E-state index contributed by atoms with van der Waals surface area (Å²) in [7, 11) is 0. The zero-order valence-electron chi connectivity index (χ0n) is 7.42. The van der Waals surface area contributed by atoms with Crippen LogP contribution in [-0.4, -0.2) is 18.0 Å².